The SMILES string of the molecule is Brc1ccccc1.Fc1ccc(Nc2ccccc2)c(Cl)c1.Nc1ccc(F)cc1Cl. The third-order valence-corrected chi connectivity index (χ3v) is 4.85. The Morgan fingerprint density at radius 3 is 1.65 bits per heavy atom. The molecule has 0 aliphatic heterocycles. The number of para-hydroxylation sites is 1. The van der Waals surface area contributed by atoms with Gasteiger partial charge in [0.2, 0.25) is 0 Å². The van der Waals surface area contributed by atoms with Crippen LogP contribution in [0, 0.1) is 11.6 Å². The Kier molecular flexibility index (Phi) is 10.3. The summed E-state index contributed by atoms with van der Waals surface area (Å²) >= 11 is 14.6. The molecule has 0 atom stereocenters. The van der Waals surface area contributed by atoms with Gasteiger partial charge in [-0.1, -0.05) is 75.5 Å². The Morgan fingerprint density at radius 1 is 0.677 bits per heavy atom. The van der Waals surface area contributed by atoms with Crippen molar-refractivity contribution in [3.05, 3.63) is 123 Å². The number of nitrogen functional groups attached to an aromatic ring is 1. The summed E-state index contributed by atoms with van der Waals surface area (Å²) in [4.78, 5) is 0. The lowest BCUT2D eigenvalue weighted by molar-refractivity contribution is 0.627. The molecule has 4 aromatic carbocycles. The quantitative estimate of drug-likeness (QED) is 0.258. The van der Waals surface area contributed by atoms with E-state index in [1.807, 2.05) is 60.7 Å². The number of hydrogen-bond donors (Lipinski definition) is 2. The number of nitrogens with two attached hydrogens (primary N) is 1. The number of halogens is 5. The maximum atomic E-state index is 12.8. The molecule has 7 heteroatoms. The fourth-order valence-electron chi connectivity index (χ4n) is 2.18. The van der Waals surface area contributed by atoms with Gasteiger partial charge in [0.1, 0.15) is 11.6 Å². The third-order valence-electron chi connectivity index (χ3n) is 3.68. The zero-order chi connectivity index (χ0) is 22.6. The van der Waals surface area contributed by atoms with Crippen LogP contribution >= 0.6 is 39.1 Å². The fraction of sp³-hybridized carbons (Fsp3) is 0. The van der Waals surface area contributed by atoms with Gasteiger partial charge >= 0.3 is 0 Å². The van der Waals surface area contributed by atoms with Crippen LogP contribution in [-0.4, -0.2) is 0 Å². The first-order valence-corrected chi connectivity index (χ1v) is 10.6. The van der Waals surface area contributed by atoms with Gasteiger partial charge in [-0.05, 0) is 60.7 Å². The van der Waals surface area contributed by atoms with Gasteiger partial charge < -0.3 is 11.1 Å². The molecule has 2 nitrogen and oxygen atoms in total. The van der Waals surface area contributed by atoms with E-state index in [0.29, 0.717) is 16.4 Å². The molecule has 0 spiro atoms. The Bertz CT molecular complexity index is 1080. The Balaban J connectivity index is 0.000000181. The number of anilines is 3. The maximum Gasteiger partial charge on any atom is 0.124 e. The average Bonchev–Trinajstić information content (AvgIpc) is 2.75. The van der Waals surface area contributed by atoms with E-state index >= 15 is 0 Å². The maximum absolute atomic E-state index is 12.8. The van der Waals surface area contributed by atoms with Crippen LogP contribution in [0.2, 0.25) is 10.0 Å². The summed E-state index contributed by atoms with van der Waals surface area (Å²) in [7, 11) is 0. The van der Waals surface area contributed by atoms with E-state index in [1.165, 1.54) is 30.3 Å². The molecule has 0 unspecified atom stereocenters. The van der Waals surface area contributed by atoms with Gasteiger partial charge in [-0.15, -0.1) is 0 Å². The Morgan fingerprint density at radius 2 is 1.19 bits per heavy atom. The van der Waals surface area contributed by atoms with Crippen LogP contribution in [0.1, 0.15) is 0 Å². The summed E-state index contributed by atoms with van der Waals surface area (Å²) in [6.45, 7) is 0. The molecule has 0 aliphatic carbocycles. The lowest BCUT2D eigenvalue weighted by Gasteiger charge is -2.07. The van der Waals surface area contributed by atoms with Crippen molar-refractivity contribution in [3.8, 4) is 0 Å². The van der Waals surface area contributed by atoms with Crippen molar-refractivity contribution in [2.24, 2.45) is 0 Å². The van der Waals surface area contributed by atoms with Gasteiger partial charge in [-0.3, -0.25) is 0 Å². The van der Waals surface area contributed by atoms with E-state index in [4.69, 9.17) is 28.9 Å². The highest BCUT2D eigenvalue weighted by Gasteiger charge is 2.01. The van der Waals surface area contributed by atoms with Crippen molar-refractivity contribution in [1.82, 2.24) is 0 Å². The van der Waals surface area contributed by atoms with Crippen molar-refractivity contribution in [1.29, 1.82) is 0 Å². The van der Waals surface area contributed by atoms with Gasteiger partial charge in [-0.25, -0.2) is 8.78 Å². The molecule has 0 bridgehead atoms. The molecule has 0 aliphatic rings. The van der Waals surface area contributed by atoms with E-state index in [1.54, 1.807) is 6.07 Å². The Hall–Kier alpha value is -2.60. The fourth-order valence-corrected chi connectivity index (χ4v) is 2.87. The zero-order valence-electron chi connectivity index (χ0n) is 16.2. The zero-order valence-corrected chi connectivity index (χ0v) is 19.3. The van der Waals surface area contributed by atoms with Gasteiger partial charge in [0.05, 0.1) is 21.4 Å². The van der Waals surface area contributed by atoms with Gasteiger partial charge in [0.15, 0.2) is 0 Å². The summed E-state index contributed by atoms with van der Waals surface area (Å²) in [6.07, 6.45) is 0. The van der Waals surface area contributed by atoms with Crippen LogP contribution in [0.15, 0.2) is 102 Å². The summed E-state index contributed by atoms with van der Waals surface area (Å²) < 4.78 is 26.1. The molecule has 0 heterocycles. The molecule has 0 aromatic heterocycles. The van der Waals surface area contributed by atoms with Crippen LogP contribution < -0.4 is 11.1 Å². The number of benzene rings is 4. The van der Waals surface area contributed by atoms with Crippen LogP contribution in [0.3, 0.4) is 0 Å². The van der Waals surface area contributed by atoms with Crippen molar-refractivity contribution < 1.29 is 8.78 Å². The van der Waals surface area contributed by atoms with Crippen molar-refractivity contribution in [2.45, 2.75) is 0 Å². The lowest BCUT2D eigenvalue weighted by Crippen LogP contribution is -1.90. The molecule has 31 heavy (non-hydrogen) atoms. The summed E-state index contributed by atoms with van der Waals surface area (Å²) in [5.41, 5.74) is 7.31. The van der Waals surface area contributed by atoms with Crippen LogP contribution in [0.5, 0.6) is 0 Å². The third kappa shape index (κ3) is 9.39. The van der Waals surface area contributed by atoms with E-state index in [9.17, 15) is 8.78 Å². The molecular weight excluding hydrogens is 505 g/mol. The minimum atomic E-state index is -0.366. The second kappa shape index (κ2) is 13.0. The smallest absolute Gasteiger partial charge is 0.124 e. The molecule has 0 fully saturated rings. The predicted octanol–water partition coefficient (Wildman–Crippen LogP) is 8.73. The normalized spacial score (nSPS) is 9.58. The molecule has 0 amide bonds. The van der Waals surface area contributed by atoms with Gasteiger partial charge in [-0.2, -0.15) is 0 Å². The number of nitrogens with one attached hydrogen (secondary N) is 1. The summed E-state index contributed by atoms with van der Waals surface area (Å²) in [5.74, 6) is -0.701. The second-order valence-corrected chi connectivity index (χ2v) is 7.81. The molecule has 4 rings (SSSR count). The molecule has 3 N–H and O–H groups in total. The highest BCUT2D eigenvalue weighted by molar-refractivity contribution is 9.10. The minimum absolute atomic E-state index is 0.259. The first-order chi connectivity index (χ1) is 14.8. The van der Waals surface area contributed by atoms with E-state index in [2.05, 4.69) is 21.2 Å². The van der Waals surface area contributed by atoms with Crippen LogP contribution in [-0.2, 0) is 0 Å². The first kappa shape index (κ1) is 24.7. The van der Waals surface area contributed by atoms with Crippen molar-refractivity contribution in [3.63, 3.8) is 0 Å². The lowest BCUT2D eigenvalue weighted by atomic mass is 10.2. The van der Waals surface area contributed by atoms with Crippen molar-refractivity contribution >= 4 is 56.2 Å². The summed E-state index contributed by atoms with van der Waals surface area (Å²) in [6, 6.07) is 27.7. The molecular formula is C24H19BrCl2F2N2. The minimum Gasteiger partial charge on any atom is -0.398 e. The predicted molar refractivity (Wildman–Crippen MR) is 131 cm³/mol. The standard InChI is InChI=1S/C12H9ClFN.C6H5Br.C6H5ClFN/c13-11-8-9(14)6-7-12(11)15-10-4-2-1-3-5-10;7-6-4-2-1-3-5-6;7-5-3-4(8)1-2-6(5)9/h1-8,15H;1-5H;1-3H,9H2. The topological polar surface area (TPSA) is 38.0 Å². The first-order valence-electron chi connectivity index (χ1n) is 9.03. The Labute approximate surface area is 198 Å². The molecule has 0 saturated carbocycles. The van der Waals surface area contributed by atoms with Crippen LogP contribution in [0.4, 0.5) is 25.8 Å². The average molecular weight is 524 g/mol. The monoisotopic (exact) mass is 522 g/mol. The highest BCUT2D eigenvalue weighted by atomic mass is 79.9. The molecule has 0 radical (unpaired) electrons. The van der Waals surface area contributed by atoms with E-state index in [-0.39, 0.29) is 16.7 Å². The number of hydrogen-bond acceptors (Lipinski definition) is 2. The van der Waals surface area contributed by atoms with Gasteiger partial charge in [0, 0.05) is 10.2 Å². The highest BCUT2D eigenvalue weighted by Crippen LogP contribution is 2.25. The number of rotatable bonds is 2. The van der Waals surface area contributed by atoms with E-state index < -0.39 is 0 Å². The van der Waals surface area contributed by atoms with Gasteiger partial charge in [0.25, 0.3) is 0 Å². The second-order valence-electron chi connectivity index (χ2n) is 6.08. The molecule has 4 aromatic rings. The summed E-state index contributed by atoms with van der Waals surface area (Å²) in [5, 5.41) is 3.73. The van der Waals surface area contributed by atoms with Crippen molar-refractivity contribution in [2.75, 3.05) is 11.1 Å². The largest absolute Gasteiger partial charge is 0.398 e. The molecule has 0 saturated heterocycles. The van der Waals surface area contributed by atoms with E-state index in [0.717, 1.165) is 10.2 Å². The molecule has 160 valence electrons. The van der Waals surface area contributed by atoms with Crippen LogP contribution in [0.25, 0.3) is 0 Å².